The van der Waals surface area contributed by atoms with Crippen molar-refractivity contribution in [2.45, 2.75) is 6.61 Å². The third-order valence-corrected chi connectivity index (χ3v) is 3.09. The van der Waals surface area contributed by atoms with Crippen LogP contribution in [-0.2, 0) is 6.61 Å². The molecular weight excluding hydrogens is 302 g/mol. The summed E-state index contributed by atoms with van der Waals surface area (Å²) in [5, 5.41) is 20.0. The van der Waals surface area contributed by atoms with Gasteiger partial charge in [0.15, 0.2) is 17.9 Å². The number of rotatable bonds is 5. The summed E-state index contributed by atoms with van der Waals surface area (Å²) in [6.45, 7) is -0.189. The van der Waals surface area contributed by atoms with Gasteiger partial charge in [-0.15, -0.1) is 0 Å². The smallest absolute Gasteiger partial charge is 0.433 e. The molecule has 0 unspecified atom stereocenters. The molecular formula is C15H11N3O5. The first-order chi connectivity index (χ1) is 11.2. The molecule has 0 saturated heterocycles. The van der Waals surface area contributed by atoms with E-state index < -0.39 is 4.92 Å². The average Bonchev–Trinajstić information content (AvgIpc) is 3.24. The highest BCUT2D eigenvalue weighted by Crippen LogP contribution is 2.27. The third-order valence-electron chi connectivity index (χ3n) is 3.09. The zero-order chi connectivity index (χ0) is 16.2. The Balaban J connectivity index is 1.85. The predicted octanol–water partition coefficient (Wildman–Crippen LogP) is 3.09. The molecule has 0 saturated carbocycles. The van der Waals surface area contributed by atoms with Crippen molar-refractivity contribution in [2.24, 2.45) is 4.99 Å². The van der Waals surface area contributed by atoms with Gasteiger partial charge in [0, 0.05) is 5.56 Å². The number of aromatic nitrogens is 1. The minimum Gasteiger partial charge on any atom is -0.444 e. The number of aliphatic hydroxyl groups excluding tert-OH is 1. The highest BCUT2D eigenvalue weighted by Gasteiger charge is 2.11. The van der Waals surface area contributed by atoms with Crippen LogP contribution in [0.25, 0.3) is 11.3 Å². The lowest BCUT2D eigenvalue weighted by atomic mass is 10.1. The van der Waals surface area contributed by atoms with Crippen LogP contribution in [0.4, 0.5) is 11.6 Å². The standard InChI is InChI=1S/C15H11N3O5/c19-8-10-5-11(1-3-13(10)14-7-16-9-22-14)17-6-12-2-4-15(23-12)18(20)21/h1-7,9,19H,8H2. The van der Waals surface area contributed by atoms with E-state index >= 15 is 0 Å². The minimum atomic E-state index is -0.618. The van der Waals surface area contributed by atoms with Crippen LogP contribution >= 0.6 is 0 Å². The molecule has 0 radical (unpaired) electrons. The monoisotopic (exact) mass is 313 g/mol. The van der Waals surface area contributed by atoms with E-state index in [0.29, 0.717) is 17.0 Å². The van der Waals surface area contributed by atoms with Crippen molar-refractivity contribution in [3.05, 3.63) is 64.4 Å². The SMILES string of the molecule is O=[N+]([O-])c1ccc(C=Nc2ccc(-c3cnco3)c(CO)c2)o1. The van der Waals surface area contributed by atoms with Crippen molar-refractivity contribution >= 4 is 17.8 Å². The Morgan fingerprint density at radius 1 is 1.35 bits per heavy atom. The van der Waals surface area contributed by atoms with Crippen molar-refractivity contribution in [2.75, 3.05) is 0 Å². The van der Waals surface area contributed by atoms with Crippen molar-refractivity contribution < 1.29 is 18.9 Å². The van der Waals surface area contributed by atoms with Crippen molar-refractivity contribution in [1.82, 2.24) is 4.98 Å². The normalized spacial score (nSPS) is 11.2. The Labute approximate surface area is 129 Å². The lowest BCUT2D eigenvalue weighted by molar-refractivity contribution is -0.402. The molecule has 3 rings (SSSR count). The number of oxazole rings is 1. The predicted molar refractivity (Wildman–Crippen MR) is 80.5 cm³/mol. The van der Waals surface area contributed by atoms with Gasteiger partial charge in [0.25, 0.3) is 0 Å². The maximum absolute atomic E-state index is 10.5. The summed E-state index contributed by atoms with van der Waals surface area (Å²) in [5.74, 6) is 0.468. The second kappa shape index (κ2) is 6.24. The molecule has 2 heterocycles. The molecule has 8 heteroatoms. The molecule has 0 aliphatic rings. The van der Waals surface area contributed by atoms with Gasteiger partial charge in [0.05, 0.1) is 30.8 Å². The zero-order valence-corrected chi connectivity index (χ0v) is 11.7. The molecule has 23 heavy (non-hydrogen) atoms. The van der Waals surface area contributed by atoms with Crippen LogP contribution < -0.4 is 0 Å². The molecule has 0 atom stereocenters. The molecule has 116 valence electrons. The van der Waals surface area contributed by atoms with Gasteiger partial charge < -0.3 is 13.9 Å². The Morgan fingerprint density at radius 3 is 2.87 bits per heavy atom. The number of nitro groups is 1. The fourth-order valence-electron chi connectivity index (χ4n) is 2.03. The summed E-state index contributed by atoms with van der Waals surface area (Å²) in [5.41, 5.74) is 1.91. The molecule has 3 aromatic rings. The van der Waals surface area contributed by atoms with Gasteiger partial charge in [-0.3, -0.25) is 15.1 Å². The number of furan rings is 1. The van der Waals surface area contributed by atoms with E-state index in [1.165, 1.54) is 24.7 Å². The lowest BCUT2D eigenvalue weighted by Crippen LogP contribution is -1.88. The van der Waals surface area contributed by atoms with Gasteiger partial charge in [0.2, 0.25) is 0 Å². The Hall–Kier alpha value is -3.26. The van der Waals surface area contributed by atoms with E-state index in [2.05, 4.69) is 9.98 Å². The van der Waals surface area contributed by atoms with Gasteiger partial charge in [-0.2, -0.15) is 0 Å². The number of benzene rings is 1. The number of hydrogen-bond donors (Lipinski definition) is 1. The van der Waals surface area contributed by atoms with E-state index in [1.54, 1.807) is 24.4 Å². The molecule has 0 bridgehead atoms. The second-order valence-corrected chi connectivity index (χ2v) is 4.56. The molecule has 0 aliphatic carbocycles. The van der Waals surface area contributed by atoms with Crippen LogP contribution in [0.3, 0.4) is 0 Å². The van der Waals surface area contributed by atoms with Gasteiger partial charge in [-0.1, -0.05) is 0 Å². The summed E-state index contributed by atoms with van der Waals surface area (Å²) < 4.78 is 10.2. The fourth-order valence-corrected chi connectivity index (χ4v) is 2.03. The molecule has 0 aliphatic heterocycles. The Kier molecular flexibility index (Phi) is 3.98. The first-order valence-corrected chi connectivity index (χ1v) is 6.58. The third kappa shape index (κ3) is 3.16. The average molecular weight is 313 g/mol. The van der Waals surface area contributed by atoms with E-state index in [9.17, 15) is 15.2 Å². The summed E-state index contributed by atoms with van der Waals surface area (Å²) >= 11 is 0. The van der Waals surface area contributed by atoms with Crippen LogP contribution in [-0.4, -0.2) is 21.2 Å². The van der Waals surface area contributed by atoms with Crippen LogP contribution in [0.1, 0.15) is 11.3 Å². The number of aliphatic imine (C=N–C) groups is 1. The maximum atomic E-state index is 10.5. The number of aliphatic hydroxyl groups is 1. The minimum absolute atomic E-state index is 0.189. The van der Waals surface area contributed by atoms with Gasteiger partial charge >= 0.3 is 5.88 Å². The second-order valence-electron chi connectivity index (χ2n) is 4.56. The van der Waals surface area contributed by atoms with Gasteiger partial charge in [-0.05, 0) is 29.8 Å². The largest absolute Gasteiger partial charge is 0.444 e. The molecule has 1 N–H and O–H groups in total. The summed E-state index contributed by atoms with van der Waals surface area (Å²) in [6, 6.07) is 7.88. The van der Waals surface area contributed by atoms with Crippen LogP contribution in [0.2, 0.25) is 0 Å². The Bertz CT molecular complexity index is 852. The highest BCUT2D eigenvalue weighted by atomic mass is 16.6. The van der Waals surface area contributed by atoms with Crippen LogP contribution in [0.5, 0.6) is 0 Å². The van der Waals surface area contributed by atoms with E-state index in [4.69, 9.17) is 8.83 Å². The number of hydrogen-bond acceptors (Lipinski definition) is 7. The molecule has 0 fully saturated rings. The van der Waals surface area contributed by atoms with Gasteiger partial charge in [0.1, 0.15) is 4.92 Å². The number of nitrogens with zero attached hydrogens (tertiary/aromatic N) is 3. The van der Waals surface area contributed by atoms with E-state index in [-0.39, 0.29) is 18.3 Å². The van der Waals surface area contributed by atoms with Crippen molar-refractivity contribution in [3.8, 4) is 11.3 Å². The van der Waals surface area contributed by atoms with E-state index in [0.717, 1.165) is 5.56 Å². The molecule has 0 amide bonds. The molecule has 2 aromatic heterocycles. The van der Waals surface area contributed by atoms with Crippen molar-refractivity contribution in [1.29, 1.82) is 0 Å². The highest BCUT2D eigenvalue weighted by molar-refractivity contribution is 5.79. The first-order valence-electron chi connectivity index (χ1n) is 6.58. The van der Waals surface area contributed by atoms with Crippen molar-refractivity contribution in [3.63, 3.8) is 0 Å². The fraction of sp³-hybridized carbons (Fsp3) is 0.0667. The van der Waals surface area contributed by atoms with E-state index in [1.807, 2.05) is 0 Å². The van der Waals surface area contributed by atoms with Gasteiger partial charge in [-0.25, -0.2) is 4.98 Å². The summed E-state index contributed by atoms with van der Waals surface area (Å²) in [6.07, 6.45) is 4.24. The molecule has 1 aromatic carbocycles. The van der Waals surface area contributed by atoms with Crippen LogP contribution in [0.15, 0.2) is 56.7 Å². The zero-order valence-electron chi connectivity index (χ0n) is 11.7. The first kappa shape index (κ1) is 14.7. The maximum Gasteiger partial charge on any atom is 0.433 e. The summed E-state index contributed by atoms with van der Waals surface area (Å²) in [4.78, 5) is 18.0. The lowest BCUT2D eigenvalue weighted by Gasteiger charge is -2.05. The molecule has 8 nitrogen and oxygen atoms in total. The topological polar surface area (TPSA) is 115 Å². The quantitative estimate of drug-likeness (QED) is 0.439. The molecule has 0 spiro atoms. The Morgan fingerprint density at radius 2 is 2.22 bits per heavy atom. The van der Waals surface area contributed by atoms with Crippen LogP contribution in [0, 0.1) is 10.1 Å². The summed E-state index contributed by atoms with van der Waals surface area (Å²) in [7, 11) is 0.